The smallest absolute Gasteiger partial charge is 0.0560 e. The highest BCUT2D eigenvalue weighted by molar-refractivity contribution is 5.85. The molecule has 2 aromatic rings. The van der Waals surface area contributed by atoms with Gasteiger partial charge in [-0.2, -0.15) is 0 Å². The molecule has 1 saturated heterocycles. The van der Waals surface area contributed by atoms with E-state index >= 15 is 0 Å². The number of aromatic nitrogens is 1. The molecule has 0 spiro atoms. The van der Waals surface area contributed by atoms with Crippen LogP contribution in [0.3, 0.4) is 0 Å². The Kier molecular flexibility index (Phi) is 3.76. The molecule has 4 rings (SSSR count). The fraction of sp³-hybridized carbons (Fsp3) is 0.619. The van der Waals surface area contributed by atoms with E-state index in [2.05, 4.69) is 54.5 Å². The second-order valence-electron chi connectivity index (χ2n) is 7.64. The van der Waals surface area contributed by atoms with Crippen molar-refractivity contribution in [1.29, 1.82) is 0 Å². The first kappa shape index (κ1) is 15.3. The van der Waals surface area contributed by atoms with E-state index in [0.717, 1.165) is 0 Å². The molecule has 1 unspecified atom stereocenters. The maximum Gasteiger partial charge on any atom is 0.0560 e. The lowest BCUT2D eigenvalue weighted by Crippen LogP contribution is -2.44. The van der Waals surface area contributed by atoms with Gasteiger partial charge in [0.05, 0.1) is 6.04 Å². The number of fused-ring (bicyclic) bond motifs is 3. The van der Waals surface area contributed by atoms with Crippen LogP contribution < -0.4 is 0 Å². The van der Waals surface area contributed by atoms with E-state index in [1.807, 2.05) is 0 Å². The lowest BCUT2D eigenvalue weighted by atomic mass is 9.69. The van der Waals surface area contributed by atoms with Gasteiger partial charge in [0.1, 0.15) is 0 Å². The third kappa shape index (κ3) is 2.11. The van der Waals surface area contributed by atoms with Crippen molar-refractivity contribution < 1.29 is 0 Å². The number of para-hydroxylation sites is 1. The molecule has 1 aromatic heterocycles. The summed E-state index contributed by atoms with van der Waals surface area (Å²) in [5.74, 6) is 0. The van der Waals surface area contributed by atoms with Crippen molar-refractivity contribution in [2.24, 2.45) is 5.41 Å². The van der Waals surface area contributed by atoms with Crippen LogP contribution >= 0.6 is 0 Å². The zero-order chi connectivity index (χ0) is 16.0. The van der Waals surface area contributed by atoms with Crippen LogP contribution in [0.4, 0.5) is 0 Å². The summed E-state index contributed by atoms with van der Waals surface area (Å²) in [7, 11) is 0. The van der Waals surface area contributed by atoms with Crippen LogP contribution in [-0.4, -0.2) is 22.6 Å². The fourth-order valence-corrected chi connectivity index (χ4v) is 5.40. The van der Waals surface area contributed by atoms with Crippen molar-refractivity contribution in [2.75, 3.05) is 13.1 Å². The average Bonchev–Trinajstić information content (AvgIpc) is 3.22. The Morgan fingerprint density at radius 2 is 1.74 bits per heavy atom. The van der Waals surface area contributed by atoms with Gasteiger partial charge in [0.15, 0.2) is 0 Å². The van der Waals surface area contributed by atoms with Gasteiger partial charge in [-0.15, -0.1) is 0 Å². The third-order valence-corrected chi connectivity index (χ3v) is 6.86. The summed E-state index contributed by atoms with van der Waals surface area (Å²) in [6.45, 7) is 11.0. The third-order valence-electron chi connectivity index (χ3n) is 6.86. The van der Waals surface area contributed by atoms with Gasteiger partial charge in [0.25, 0.3) is 0 Å². The summed E-state index contributed by atoms with van der Waals surface area (Å²) in [6, 6.07) is 9.63. The van der Waals surface area contributed by atoms with Crippen molar-refractivity contribution in [2.45, 2.75) is 65.5 Å². The zero-order valence-electron chi connectivity index (χ0n) is 14.9. The number of nitrogens with zero attached hydrogens (tertiary/aromatic N) is 2. The van der Waals surface area contributed by atoms with Crippen LogP contribution in [0.2, 0.25) is 0 Å². The molecule has 3 heterocycles. The van der Waals surface area contributed by atoms with Crippen molar-refractivity contribution in [3.63, 3.8) is 0 Å². The molecule has 2 aliphatic heterocycles. The van der Waals surface area contributed by atoms with Gasteiger partial charge in [0.2, 0.25) is 0 Å². The molecular weight excluding hydrogens is 280 g/mol. The molecule has 1 fully saturated rings. The van der Waals surface area contributed by atoms with Gasteiger partial charge in [-0.25, -0.2) is 0 Å². The van der Waals surface area contributed by atoms with Gasteiger partial charge >= 0.3 is 0 Å². The second-order valence-corrected chi connectivity index (χ2v) is 7.64. The monoisotopic (exact) mass is 310 g/mol. The largest absolute Gasteiger partial charge is 0.343 e. The number of rotatable bonds is 3. The fourth-order valence-electron chi connectivity index (χ4n) is 5.40. The van der Waals surface area contributed by atoms with Crippen LogP contribution in [0.15, 0.2) is 24.3 Å². The standard InChI is InChI=1S/C21H30N2/c1-4-21(5-2)12-15-23-18-11-7-6-10-17(18)16(3)19(23)20(21)22-13-8-9-14-22/h6-7,10-11,20H,4-5,8-9,12-15H2,1-3H3. The Bertz CT molecular complexity index is 702. The van der Waals surface area contributed by atoms with Crippen LogP contribution in [0.25, 0.3) is 10.9 Å². The molecular formula is C21H30N2. The van der Waals surface area contributed by atoms with E-state index in [1.54, 1.807) is 5.69 Å². The number of likely N-dealkylation sites (tertiary alicyclic amines) is 1. The Hall–Kier alpha value is -1.28. The number of hydrogen-bond acceptors (Lipinski definition) is 1. The minimum absolute atomic E-state index is 0.458. The average molecular weight is 310 g/mol. The molecule has 0 radical (unpaired) electrons. The molecule has 2 aliphatic rings. The molecule has 124 valence electrons. The minimum atomic E-state index is 0.458. The van der Waals surface area contributed by atoms with Gasteiger partial charge < -0.3 is 4.57 Å². The topological polar surface area (TPSA) is 8.17 Å². The number of aryl methyl sites for hydroxylation is 2. The van der Waals surface area contributed by atoms with Crippen LogP contribution in [0.1, 0.15) is 63.3 Å². The van der Waals surface area contributed by atoms with Gasteiger partial charge in [-0.1, -0.05) is 32.0 Å². The van der Waals surface area contributed by atoms with E-state index in [0.29, 0.717) is 11.5 Å². The number of benzene rings is 1. The Morgan fingerprint density at radius 3 is 2.43 bits per heavy atom. The van der Waals surface area contributed by atoms with E-state index in [9.17, 15) is 0 Å². The van der Waals surface area contributed by atoms with E-state index in [-0.39, 0.29) is 0 Å². The second kappa shape index (κ2) is 5.66. The Labute approximate surface area is 140 Å². The van der Waals surface area contributed by atoms with Crippen molar-refractivity contribution >= 4 is 10.9 Å². The van der Waals surface area contributed by atoms with Gasteiger partial charge in [-0.3, -0.25) is 4.90 Å². The molecule has 2 nitrogen and oxygen atoms in total. The molecule has 2 heteroatoms. The Balaban J connectivity index is 1.95. The summed E-state index contributed by atoms with van der Waals surface area (Å²) in [5, 5.41) is 1.47. The summed E-state index contributed by atoms with van der Waals surface area (Å²) < 4.78 is 2.65. The molecule has 0 saturated carbocycles. The Morgan fingerprint density at radius 1 is 1.04 bits per heavy atom. The molecule has 0 amide bonds. The first-order chi connectivity index (χ1) is 11.2. The SMILES string of the molecule is CCC1(CC)CCn2c(c(C)c3ccccc32)C1N1CCCC1. The predicted octanol–water partition coefficient (Wildman–Crippen LogP) is 5.30. The maximum absolute atomic E-state index is 2.81. The van der Waals surface area contributed by atoms with Crippen molar-refractivity contribution in [1.82, 2.24) is 9.47 Å². The summed E-state index contributed by atoms with van der Waals surface area (Å²) >= 11 is 0. The normalized spacial score (nSPS) is 24.2. The number of hydrogen-bond donors (Lipinski definition) is 0. The van der Waals surface area contributed by atoms with E-state index < -0.39 is 0 Å². The van der Waals surface area contributed by atoms with Crippen molar-refractivity contribution in [3.8, 4) is 0 Å². The van der Waals surface area contributed by atoms with Gasteiger partial charge in [0, 0.05) is 23.1 Å². The zero-order valence-corrected chi connectivity index (χ0v) is 14.9. The molecule has 0 N–H and O–H groups in total. The van der Waals surface area contributed by atoms with Gasteiger partial charge in [-0.05, 0) is 69.2 Å². The minimum Gasteiger partial charge on any atom is -0.343 e. The highest BCUT2D eigenvalue weighted by atomic mass is 15.2. The predicted molar refractivity (Wildman–Crippen MR) is 97.9 cm³/mol. The van der Waals surface area contributed by atoms with Crippen LogP contribution in [-0.2, 0) is 6.54 Å². The highest BCUT2D eigenvalue weighted by Crippen LogP contribution is 2.53. The lowest BCUT2D eigenvalue weighted by Gasteiger charge is -2.48. The van der Waals surface area contributed by atoms with Crippen molar-refractivity contribution in [3.05, 3.63) is 35.5 Å². The molecule has 23 heavy (non-hydrogen) atoms. The first-order valence-electron chi connectivity index (χ1n) is 9.53. The van der Waals surface area contributed by atoms with Crippen LogP contribution in [0.5, 0.6) is 0 Å². The van der Waals surface area contributed by atoms with Crippen LogP contribution in [0, 0.1) is 12.3 Å². The molecule has 1 aromatic carbocycles. The molecule has 1 atom stereocenters. The summed E-state index contributed by atoms with van der Waals surface area (Å²) in [5.41, 5.74) is 5.07. The quantitative estimate of drug-likeness (QED) is 0.747. The van der Waals surface area contributed by atoms with E-state index in [4.69, 9.17) is 0 Å². The van der Waals surface area contributed by atoms with E-state index in [1.165, 1.54) is 68.2 Å². The summed E-state index contributed by atoms with van der Waals surface area (Å²) in [6.07, 6.45) is 6.67. The highest BCUT2D eigenvalue weighted by Gasteiger charge is 2.46. The maximum atomic E-state index is 2.81. The molecule has 0 bridgehead atoms. The first-order valence-corrected chi connectivity index (χ1v) is 9.53. The lowest BCUT2D eigenvalue weighted by molar-refractivity contribution is 0.0350. The summed E-state index contributed by atoms with van der Waals surface area (Å²) in [4.78, 5) is 2.81. The molecule has 0 aliphatic carbocycles.